The molecule has 0 bridgehead atoms. The zero-order valence-corrected chi connectivity index (χ0v) is 13.1. The van der Waals surface area contributed by atoms with E-state index in [1.807, 2.05) is 0 Å². The number of sulfonamides is 1. The molecule has 0 aromatic carbocycles. The molecule has 0 radical (unpaired) electrons. The maximum absolute atomic E-state index is 12.1. The Morgan fingerprint density at radius 1 is 1.39 bits per heavy atom. The van der Waals surface area contributed by atoms with Gasteiger partial charge in [-0.3, -0.25) is 0 Å². The molecule has 1 aliphatic rings. The van der Waals surface area contributed by atoms with Gasteiger partial charge in [-0.05, 0) is 40.9 Å². The fourth-order valence-electron chi connectivity index (χ4n) is 2.28. The fraction of sp³-hybridized carbons (Fsp3) is 0.636. The highest BCUT2D eigenvalue weighted by Gasteiger charge is 2.34. The second-order valence-electron chi connectivity index (χ2n) is 4.75. The summed E-state index contributed by atoms with van der Waals surface area (Å²) >= 11 is 4.44. The van der Waals surface area contributed by atoms with Gasteiger partial charge in [0.05, 0.1) is 3.79 Å². The Balaban J connectivity index is 2.05. The highest BCUT2D eigenvalue weighted by Crippen LogP contribution is 2.37. The van der Waals surface area contributed by atoms with Gasteiger partial charge >= 0.3 is 0 Å². The van der Waals surface area contributed by atoms with Crippen LogP contribution in [0.5, 0.6) is 0 Å². The lowest BCUT2D eigenvalue weighted by Gasteiger charge is -2.26. The minimum absolute atomic E-state index is 0.0453. The van der Waals surface area contributed by atoms with Gasteiger partial charge in [0.1, 0.15) is 4.21 Å². The summed E-state index contributed by atoms with van der Waals surface area (Å²) < 4.78 is 27.8. The van der Waals surface area contributed by atoms with Gasteiger partial charge in [-0.15, -0.1) is 11.3 Å². The maximum atomic E-state index is 12.1. The Morgan fingerprint density at radius 2 is 2.06 bits per heavy atom. The molecule has 2 N–H and O–H groups in total. The third-order valence-corrected chi connectivity index (χ3v) is 6.97. The number of aliphatic hydroxyl groups is 1. The standard InChI is InChI=1S/C11H16BrNO3S2/c12-9-3-4-10(17-9)18(15,16)13-7-11(8-14)5-1-2-6-11/h3-4,13-14H,1-2,5-8H2. The van der Waals surface area contributed by atoms with Crippen molar-refractivity contribution in [2.75, 3.05) is 13.2 Å². The van der Waals surface area contributed by atoms with Crippen molar-refractivity contribution in [1.29, 1.82) is 0 Å². The first-order valence-corrected chi connectivity index (χ1v) is 8.93. The summed E-state index contributed by atoms with van der Waals surface area (Å²) in [6, 6.07) is 3.30. The fourth-order valence-corrected chi connectivity index (χ4v) is 5.49. The lowest BCUT2D eigenvalue weighted by atomic mass is 9.88. The van der Waals surface area contributed by atoms with Crippen LogP contribution < -0.4 is 4.72 Å². The summed E-state index contributed by atoms with van der Waals surface area (Å²) in [5, 5.41) is 9.45. The van der Waals surface area contributed by atoms with E-state index in [4.69, 9.17) is 0 Å². The highest BCUT2D eigenvalue weighted by atomic mass is 79.9. The summed E-state index contributed by atoms with van der Waals surface area (Å²) in [4.78, 5) is 0. The molecule has 102 valence electrons. The molecule has 1 aliphatic carbocycles. The number of rotatable bonds is 5. The Hall–Kier alpha value is 0.0500. The van der Waals surface area contributed by atoms with Crippen LogP contribution in [0.1, 0.15) is 25.7 Å². The molecule has 0 amide bonds. The van der Waals surface area contributed by atoms with Crippen LogP contribution in [-0.2, 0) is 10.0 Å². The van der Waals surface area contributed by atoms with Crippen LogP contribution in [0.4, 0.5) is 0 Å². The van der Waals surface area contributed by atoms with Crippen molar-refractivity contribution >= 4 is 37.3 Å². The number of hydrogen-bond acceptors (Lipinski definition) is 4. The Morgan fingerprint density at radius 3 is 2.56 bits per heavy atom. The van der Waals surface area contributed by atoms with Crippen molar-refractivity contribution in [3.05, 3.63) is 15.9 Å². The zero-order valence-electron chi connectivity index (χ0n) is 9.86. The summed E-state index contributed by atoms with van der Waals surface area (Å²) in [5.74, 6) is 0. The molecule has 1 aromatic heterocycles. The molecule has 4 nitrogen and oxygen atoms in total. The third-order valence-electron chi connectivity index (χ3n) is 3.45. The van der Waals surface area contributed by atoms with E-state index < -0.39 is 10.0 Å². The zero-order chi connectivity index (χ0) is 13.2. The molecule has 7 heteroatoms. The minimum Gasteiger partial charge on any atom is -0.396 e. The van der Waals surface area contributed by atoms with E-state index in [9.17, 15) is 13.5 Å². The number of hydrogen-bond donors (Lipinski definition) is 2. The summed E-state index contributed by atoms with van der Waals surface area (Å²) in [5.41, 5.74) is -0.262. The summed E-state index contributed by atoms with van der Waals surface area (Å²) in [6.07, 6.45) is 3.90. The van der Waals surface area contributed by atoms with E-state index in [1.165, 1.54) is 11.3 Å². The molecule has 2 rings (SSSR count). The molecule has 18 heavy (non-hydrogen) atoms. The predicted octanol–water partition coefficient (Wildman–Crippen LogP) is 2.34. The monoisotopic (exact) mass is 353 g/mol. The maximum Gasteiger partial charge on any atom is 0.250 e. The van der Waals surface area contributed by atoms with Gasteiger partial charge in [0.2, 0.25) is 10.0 Å². The lowest BCUT2D eigenvalue weighted by molar-refractivity contribution is 0.134. The van der Waals surface area contributed by atoms with Crippen LogP contribution in [0.25, 0.3) is 0 Å². The molecular formula is C11H16BrNO3S2. The van der Waals surface area contributed by atoms with E-state index >= 15 is 0 Å². The minimum atomic E-state index is -3.45. The number of halogens is 1. The third kappa shape index (κ3) is 3.14. The first-order chi connectivity index (χ1) is 8.47. The van der Waals surface area contributed by atoms with Gasteiger partial charge in [0, 0.05) is 18.6 Å². The van der Waals surface area contributed by atoms with Gasteiger partial charge in [-0.25, -0.2) is 13.1 Å². The largest absolute Gasteiger partial charge is 0.396 e. The quantitative estimate of drug-likeness (QED) is 0.853. The van der Waals surface area contributed by atoms with Gasteiger partial charge in [-0.2, -0.15) is 0 Å². The van der Waals surface area contributed by atoms with Crippen molar-refractivity contribution in [2.45, 2.75) is 29.9 Å². The molecule has 0 unspecified atom stereocenters. The van der Waals surface area contributed by atoms with Crippen LogP contribution >= 0.6 is 27.3 Å². The molecule has 1 aromatic rings. The van der Waals surface area contributed by atoms with Crippen molar-refractivity contribution in [3.8, 4) is 0 Å². The van der Waals surface area contributed by atoms with Gasteiger partial charge in [0.15, 0.2) is 0 Å². The molecule has 0 aliphatic heterocycles. The van der Waals surface area contributed by atoms with E-state index in [1.54, 1.807) is 12.1 Å². The Bertz CT molecular complexity index is 506. The molecule has 0 spiro atoms. The number of aliphatic hydroxyl groups excluding tert-OH is 1. The first-order valence-electron chi connectivity index (χ1n) is 5.83. The predicted molar refractivity (Wildman–Crippen MR) is 75.2 cm³/mol. The van der Waals surface area contributed by atoms with Crippen molar-refractivity contribution in [1.82, 2.24) is 4.72 Å². The number of nitrogens with one attached hydrogen (secondary N) is 1. The smallest absolute Gasteiger partial charge is 0.250 e. The molecule has 1 fully saturated rings. The van der Waals surface area contributed by atoms with E-state index in [0.717, 1.165) is 29.5 Å². The van der Waals surface area contributed by atoms with E-state index in [0.29, 0.717) is 10.8 Å². The summed E-state index contributed by atoms with van der Waals surface area (Å²) in [6.45, 7) is 0.366. The molecule has 0 saturated heterocycles. The van der Waals surface area contributed by atoms with E-state index in [2.05, 4.69) is 20.7 Å². The normalized spacial score (nSPS) is 19.2. The average Bonchev–Trinajstić information content (AvgIpc) is 2.96. The molecular weight excluding hydrogens is 338 g/mol. The van der Waals surface area contributed by atoms with Crippen LogP contribution in [0.15, 0.2) is 20.1 Å². The van der Waals surface area contributed by atoms with Crippen molar-refractivity contribution in [3.63, 3.8) is 0 Å². The van der Waals surface area contributed by atoms with E-state index in [-0.39, 0.29) is 12.0 Å². The lowest BCUT2D eigenvalue weighted by Crippen LogP contribution is -2.38. The van der Waals surface area contributed by atoms with Crippen molar-refractivity contribution in [2.24, 2.45) is 5.41 Å². The average molecular weight is 354 g/mol. The van der Waals surface area contributed by atoms with Crippen LogP contribution in [0.2, 0.25) is 0 Å². The Kier molecular flexibility index (Phi) is 4.48. The molecule has 1 heterocycles. The topological polar surface area (TPSA) is 66.4 Å². The molecule has 1 saturated carbocycles. The van der Waals surface area contributed by atoms with Gasteiger partial charge in [-0.1, -0.05) is 12.8 Å². The van der Waals surface area contributed by atoms with Crippen LogP contribution in [-0.4, -0.2) is 26.7 Å². The van der Waals surface area contributed by atoms with Gasteiger partial charge < -0.3 is 5.11 Å². The number of thiophene rings is 1. The van der Waals surface area contributed by atoms with Crippen molar-refractivity contribution < 1.29 is 13.5 Å². The highest BCUT2D eigenvalue weighted by molar-refractivity contribution is 9.11. The van der Waals surface area contributed by atoms with Crippen LogP contribution in [0, 0.1) is 5.41 Å². The summed E-state index contributed by atoms with van der Waals surface area (Å²) in [7, 11) is -3.45. The van der Waals surface area contributed by atoms with Crippen LogP contribution in [0.3, 0.4) is 0 Å². The van der Waals surface area contributed by atoms with Gasteiger partial charge in [0.25, 0.3) is 0 Å². The Labute approximate surface area is 120 Å². The molecule has 0 atom stereocenters. The second kappa shape index (κ2) is 5.58. The SMILES string of the molecule is O=S(=O)(NCC1(CO)CCCC1)c1ccc(Br)s1. The first kappa shape index (κ1) is 14.5. The second-order valence-corrected chi connectivity index (χ2v) is 9.21.